The summed E-state index contributed by atoms with van der Waals surface area (Å²) in [7, 11) is 0. The molecule has 1 fully saturated rings. The summed E-state index contributed by atoms with van der Waals surface area (Å²) >= 11 is 0. The molecule has 2 N–H and O–H groups in total. The van der Waals surface area contributed by atoms with Gasteiger partial charge in [-0.1, -0.05) is 13.3 Å². The van der Waals surface area contributed by atoms with Crippen molar-refractivity contribution >= 4 is 11.6 Å². The maximum absolute atomic E-state index is 13.8. The first-order chi connectivity index (χ1) is 9.54. The van der Waals surface area contributed by atoms with Crippen LogP contribution in [0, 0.1) is 11.6 Å². The molecule has 0 saturated carbocycles. The van der Waals surface area contributed by atoms with Gasteiger partial charge in [-0.05, 0) is 31.7 Å². The normalized spacial score (nSPS) is 19.1. The van der Waals surface area contributed by atoms with Crippen LogP contribution in [0.5, 0.6) is 0 Å². The highest BCUT2D eigenvalue weighted by Gasteiger charge is 2.28. The van der Waals surface area contributed by atoms with Crippen LogP contribution in [-0.2, 0) is 0 Å². The van der Waals surface area contributed by atoms with Gasteiger partial charge in [0, 0.05) is 18.7 Å². The minimum absolute atomic E-state index is 0.132. The van der Waals surface area contributed by atoms with E-state index in [1.54, 1.807) is 4.90 Å². The topological polar surface area (TPSA) is 46.3 Å². The fourth-order valence-corrected chi connectivity index (χ4v) is 2.79. The van der Waals surface area contributed by atoms with Gasteiger partial charge in [-0.3, -0.25) is 4.79 Å². The van der Waals surface area contributed by atoms with Crippen LogP contribution in [0.1, 0.15) is 49.4 Å². The van der Waals surface area contributed by atoms with Gasteiger partial charge in [-0.25, -0.2) is 8.78 Å². The van der Waals surface area contributed by atoms with E-state index < -0.39 is 11.6 Å². The Kier molecular flexibility index (Phi) is 4.57. The molecule has 1 aromatic rings. The molecule has 1 atom stereocenters. The number of amides is 1. The summed E-state index contributed by atoms with van der Waals surface area (Å²) < 4.78 is 27.0. The van der Waals surface area contributed by atoms with Gasteiger partial charge in [-0.2, -0.15) is 0 Å². The number of benzene rings is 1. The van der Waals surface area contributed by atoms with Crippen LogP contribution in [0.25, 0.3) is 0 Å². The number of rotatable bonds is 3. The largest absolute Gasteiger partial charge is 0.396 e. The highest BCUT2D eigenvalue weighted by atomic mass is 19.1. The number of carbonyl (C=O) groups is 1. The monoisotopic (exact) mass is 282 g/mol. The van der Waals surface area contributed by atoms with Crippen LogP contribution in [0.4, 0.5) is 14.5 Å². The van der Waals surface area contributed by atoms with Crippen molar-refractivity contribution in [3.8, 4) is 0 Å². The second-order valence-electron chi connectivity index (χ2n) is 5.29. The first-order valence-electron chi connectivity index (χ1n) is 7.10. The lowest BCUT2D eigenvalue weighted by Crippen LogP contribution is -2.44. The van der Waals surface area contributed by atoms with Gasteiger partial charge >= 0.3 is 0 Å². The fourth-order valence-electron chi connectivity index (χ4n) is 2.79. The summed E-state index contributed by atoms with van der Waals surface area (Å²) in [5.41, 5.74) is 5.11. The Morgan fingerprint density at radius 2 is 2.10 bits per heavy atom. The zero-order valence-electron chi connectivity index (χ0n) is 11.7. The number of nitrogens with two attached hydrogens (primary N) is 1. The van der Waals surface area contributed by atoms with Gasteiger partial charge in [0.15, 0.2) is 0 Å². The van der Waals surface area contributed by atoms with E-state index in [1.165, 1.54) is 0 Å². The van der Waals surface area contributed by atoms with E-state index in [-0.39, 0.29) is 23.2 Å². The van der Waals surface area contributed by atoms with E-state index >= 15 is 0 Å². The number of piperidine rings is 1. The quantitative estimate of drug-likeness (QED) is 0.864. The summed E-state index contributed by atoms with van der Waals surface area (Å²) in [6.45, 7) is 2.69. The zero-order valence-corrected chi connectivity index (χ0v) is 11.7. The van der Waals surface area contributed by atoms with Gasteiger partial charge in [-0.15, -0.1) is 0 Å². The van der Waals surface area contributed by atoms with Gasteiger partial charge in [0.25, 0.3) is 5.91 Å². The molecule has 0 aromatic heterocycles. The van der Waals surface area contributed by atoms with E-state index in [4.69, 9.17) is 5.73 Å². The lowest BCUT2D eigenvalue weighted by molar-refractivity contribution is 0.0596. The number of hydrogen-bond donors (Lipinski definition) is 1. The molecular weight excluding hydrogens is 262 g/mol. The average Bonchev–Trinajstić information content (AvgIpc) is 2.43. The molecule has 0 radical (unpaired) electrons. The predicted molar refractivity (Wildman–Crippen MR) is 74.4 cm³/mol. The van der Waals surface area contributed by atoms with E-state index in [1.807, 2.05) is 0 Å². The molecule has 1 unspecified atom stereocenters. The van der Waals surface area contributed by atoms with Crippen molar-refractivity contribution in [2.45, 2.75) is 45.1 Å². The molecule has 1 saturated heterocycles. The van der Waals surface area contributed by atoms with Crippen LogP contribution in [0.3, 0.4) is 0 Å². The summed E-state index contributed by atoms with van der Waals surface area (Å²) in [5, 5.41) is 0. The molecule has 1 aliphatic heterocycles. The van der Waals surface area contributed by atoms with Crippen molar-refractivity contribution in [2.24, 2.45) is 0 Å². The first kappa shape index (κ1) is 14.8. The molecular formula is C15H20F2N2O. The Labute approximate surface area is 117 Å². The first-order valence-corrected chi connectivity index (χ1v) is 7.10. The summed E-state index contributed by atoms with van der Waals surface area (Å²) in [6, 6.07) is 1.93. The minimum atomic E-state index is -0.845. The Morgan fingerprint density at radius 3 is 2.80 bits per heavy atom. The molecule has 5 heteroatoms. The van der Waals surface area contributed by atoms with E-state index in [9.17, 15) is 13.6 Å². The standard InChI is InChI=1S/C15H20F2N2O/c1-2-5-10-6-3-4-7-19(10)15(20)11-8-14(18)13(17)9-12(11)16/h8-10H,2-7,18H2,1H3. The summed E-state index contributed by atoms with van der Waals surface area (Å²) in [4.78, 5) is 14.2. The smallest absolute Gasteiger partial charge is 0.257 e. The van der Waals surface area contributed by atoms with Crippen LogP contribution in [-0.4, -0.2) is 23.4 Å². The summed E-state index contributed by atoms with van der Waals surface area (Å²) in [5.74, 6) is -2.06. The van der Waals surface area contributed by atoms with Gasteiger partial charge < -0.3 is 10.6 Å². The Hall–Kier alpha value is -1.65. The predicted octanol–water partition coefficient (Wildman–Crippen LogP) is 3.34. The minimum Gasteiger partial charge on any atom is -0.396 e. The van der Waals surface area contributed by atoms with Crippen molar-refractivity contribution in [3.63, 3.8) is 0 Å². The van der Waals surface area contributed by atoms with E-state index in [2.05, 4.69) is 6.92 Å². The van der Waals surface area contributed by atoms with Crippen molar-refractivity contribution in [3.05, 3.63) is 29.3 Å². The number of carbonyl (C=O) groups excluding carboxylic acids is 1. The summed E-state index contributed by atoms with van der Waals surface area (Å²) in [6.07, 6.45) is 4.83. The molecule has 1 amide bonds. The van der Waals surface area contributed by atoms with Crippen molar-refractivity contribution in [1.82, 2.24) is 4.90 Å². The van der Waals surface area contributed by atoms with Crippen molar-refractivity contribution in [1.29, 1.82) is 0 Å². The molecule has 2 rings (SSSR count). The maximum atomic E-state index is 13.8. The van der Waals surface area contributed by atoms with Crippen molar-refractivity contribution < 1.29 is 13.6 Å². The SMILES string of the molecule is CCCC1CCCCN1C(=O)c1cc(N)c(F)cc1F. The van der Waals surface area contributed by atoms with Crippen LogP contribution < -0.4 is 5.73 Å². The molecule has 0 spiro atoms. The van der Waals surface area contributed by atoms with E-state index in [0.29, 0.717) is 12.6 Å². The van der Waals surface area contributed by atoms with Crippen LogP contribution in [0.2, 0.25) is 0 Å². The van der Waals surface area contributed by atoms with E-state index in [0.717, 1.165) is 38.2 Å². The molecule has 0 bridgehead atoms. The lowest BCUT2D eigenvalue weighted by Gasteiger charge is -2.36. The maximum Gasteiger partial charge on any atom is 0.257 e. The second kappa shape index (κ2) is 6.20. The Balaban J connectivity index is 2.27. The van der Waals surface area contributed by atoms with Crippen molar-refractivity contribution in [2.75, 3.05) is 12.3 Å². The molecule has 1 aliphatic rings. The third kappa shape index (κ3) is 2.92. The van der Waals surface area contributed by atoms with Crippen LogP contribution >= 0.6 is 0 Å². The number of nitrogens with zero attached hydrogens (tertiary/aromatic N) is 1. The fraction of sp³-hybridized carbons (Fsp3) is 0.533. The lowest BCUT2D eigenvalue weighted by atomic mass is 9.97. The third-order valence-corrected chi connectivity index (χ3v) is 3.83. The van der Waals surface area contributed by atoms with Gasteiger partial charge in [0.2, 0.25) is 0 Å². The average molecular weight is 282 g/mol. The van der Waals surface area contributed by atoms with Gasteiger partial charge in [0.1, 0.15) is 11.6 Å². The second-order valence-corrected chi connectivity index (χ2v) is 5.29. The zero-order chi connectivity index (χ0) is 14.7. The number of anilines is 1. The highest BCUT2D eigenvalue weighted by molar-refractivity contribution is 5.95. The molecule has 1 aromatic carbocycles. The highest BCUT2D eigenvalue weighted by Crippen LogP contribution is 2.25. The number of nitrogen functional groups attached to an aromatic ring is 1. The number of hydrogen-bond acceptors (Lipinski definition) is 2. The molecule has 110 valence electrons. The molecule has 3 nitrogen and oxygen atoms in total. The Bertz CT molecular complexity index is 503. The molecule has 1 heterocycles. The number of halogens is 2. The molecule has 0 aliphatic carbocycles. The Morgan fingerprint density at radius 1 is 1.35 bits per heavy atom. The molecule has 20 heavy (non-hydrogen) atoms. The van der Waals surface area contributed by atoms with Crippen LogP contribution in [0.15, 0.2) is 12.1 Å². The number of likely N-dealkylation sites (tertiary alicyclic amines) is 1. The van der Waals surface area contributed by atoms with Gasteiger partial charge in [0.05, 0.1) is 11.3 Å². The third-order valence-electron chi connectivity index (χ3n) is 3.83.